The second-order valence-electron chi connectivity index (χ2n) is 5.58. The Kier molecular flexibility index (Phi) is 4.42. The molecule has 7 heteroatoms. The topological polar surface area (TPSA) is 69.6 Å². The summed E-state index contributed by atoms with van der Waals surface area (Å²) in [5, 5.41) is 10.1. The Balaban J connectivity index is 1.69. The zero-order valence-electron chi connectivity index (χ0n) is 13.1. The monoisotopic (exact) mass is 339 g/mol. The molecule has 0 fully saturated rings. The second kappa shape index (κ2) is 7.00. The summed E-state index contributed by atoms with van der Waals surface area (Å²) in [4.78, 5) is 8.50. The molecule has 1 aliphatic rings. The molecule has 0 aromatic carbocycles. The summed E-state index contributed by atoms with van der Waals surface area (Å²) in [6, 6.07) is 3.84. The molecule has 24 heavy (non-hydrogen) atoms. The van der Waals surface area contributed by atoms with Gasteiger partial charge in [0.15, 0.2) is 11.0 Å². The molecule has 0 aliphatic heterocycles. The van der Waals surface area contributed by atoms with Gasteiger partial charge in [0, 0.05) is 17.6 Å². The maximum atomic E-state index is 5.51. The highest BCUT2D eigenvalue weighted by Crippen LogP contribution is 2.31. The van der Waals surface area contributed by atoms with E-state index in [2.05, 4.69) is 36.9 Å². The van der Waals surface area contributed by atoms with Gasteiger partial charge >= 0.3 is 0 Å². The fourth-order valence-corrected chi connectivity index (χ4v) is 3.81. The van der Waals surface area contributed by atoms with E-state index in [1.54, 1.807) is 36.6 Å². The first kappa shape index (κ1) is 15.1. The van der Waals surface area contributed by atoms with Crippen molar-refractivity contribution in [2.24, 2.45) is 0 Å². The molecule has 6 nitrogen and oxygen atoms in total. The molecule has 1 atom stereocenters. The van der Waals surface area contributed by atoms with E-state index in [9.17, 15) is 0 Å². The average Bonchev–Trinajstić information content (AvgIpc) is 3.28. The number of allylic oxidation sites excluding steroid dienone is 1. The number of thioether (sulfide) groups is 1. The maximum absolute atomic E-state index is 5.51. The first-order valence-electron chi connectivity index (χ1n) is 7.95. The molecule has 122 valence electrons. The van der Waals surface area contributed by atoms with Crippen molar-refractivity contribution in [2.75, 3.05) is 0 Å². The lowest BCUT2D eigenvalue weighted by atomic mass is 10.1. The lowest BCUT2D eigenvalue weighted by Gasteiger charge is -2.16. The summed E-state index contributed by atoms with van der Waals surface area (Å²) in [7, 11) is 0. The highest BCUT2D eigenvalue weighted by atomic mass is 32.2. The fraction of sp³-hybridized carbons (Fsp3) is 0.294. The standard InChI is InChI=1S/C17H17N5OS/c1-2-6-14(7-3-1)24-17-21-20-16(15-11-18-8-9-19-15)22(17)12-13-5-4-10-23-13/h2,4-6,8-11,14H,1,3,7,12H2/t14-/m1/s1. The molecule has 0 spiro atoms. The molecule has 0 amide bonds. The molecule has 3 aromatic heterocycles. The van der Waals surface area contributed by atoms with E-state index in [1.165, 1.54) is 12.8 Å². The lowest BCUT2D eigenvalue weighted by Crippen LogP contribution is -2.08. The minimum Gasteiger partial charge on any atom is -0.467 e. The first-order chi connectivity index (χ1) is 11.9. The summed E-state index contributed by atoms with van der Waals surface area (Å²) in [5.74, 6) is 1.57. The van der Waals surface area contributed by atoms with E-state index < -0.39 is 0 Å². The van der Waals surface area contributed by atoms with Crippen molar-refractivity contribution in [1.82, 2.24) is 24.7 Å². The van der Waals surface area contributed by atoms with Crippen LogP contribution in [0.25, 0.3) is 11.5 Å². The molecule has 0 unspecified atom stereocenters. The van der Waals surface area contributed by atoms with Gasteiger partial charge in [0.25, 0.3) is 0 Å². The van der Waals surface area contributed by atoms with Gasteiger partial charge in [-0.2, -0.15) is 0 Å². The molecule has 4 rings (SSSR count). The number of furan rings is 1. The third-order valence-electron chi connectivity index (χ3n) is 3.87. The van der Waals surface area contributed by atoms with Crippen molar-refractivity contribution in [1.29, 1.82) is 0 Å². The van der Waals surface area contributed by atoms with Crippen LogP contribution < -0.4 is 0 Å². The van der Waals surface area contributed by atoms with Gasteiger partial charge in [-0.1, -0.05) is 23.9 Å². The first-order valence-corrected chi connectivity index (χ1v) is 8.83. The number of rotatable bonds is 5. The highest BCUT2D eigenvalue weighted by molar-refractivity contribution is 7.99. The van der Waals surface area contributed by atoms with Crippen molar-refractivity contribution in [3.8, 4) is 11.5 Å². The quantitative estimate of drug-likeness (QED) is 0.662. The van der Waals surface area contributed by atoms with Gasteiger partial charge in [-0.15, -0.1) is 10.2 Å². The molecule has 1 aliphatic carbocycles. The largest absolute Gasteiger partial charge is 0.467 e. The van der Waals surface area contributed by atoms with Crippen molar-refractivity contribution in [2.45, 2.75) is 36.2 Å². The zero-order valence-corrected chi connectivity index (χ0v) is 13.9. The SMILES string of the molecule is C1=C[C@@H](Sc2nnc(-c3cnccn3)n2Cc2ccco2)CCC1. The van der Waals surface area contributed by atoms with Crippen molar-refractivity contribution < 1.29 is 4.42 Å². The van der Waals surface area contributed by atoms with Crippen LogP contribution in [-0.4, -0.2) is 30.0 Å². The van der Waals surface area contributed by atoms with Crippen LogP contribution in [0.2, 0.25) is 0 Å². The number of aromatic nitrogens is 5. The van der Waals surface area contributed by atoms with Crippen LogP contribution in [0.3, 0.4) is 0 Å². The van der Waals surface area contributed by atoms with E-state index in [0.29, 0.717) is 23.3 Å². The number of nitrogens with zero attached hydrogens (tertiary/aromatic N) is 5. The highest BCUT2D eigenvalue weighted by Gasteiger charge is 2.20. The van der Waals surface area contributed by atoms with Gasteiger partial charge < -0.3 is 4.42 Å². The predicted molar refractivity (Wildman–Crippen MR) is 91.5 cm³/mol. The van der Waals surface area contributed by atoms with Crippen LogP contribution in [0, 0.1) is 0 Å². The van der Waals surface area contributed by atoms with E-state index >= 15 is 0 Å². The minimum atomic E-state index is 0.438. The smallest absolute Gasteiger partial charge is 0.192 e. The summed E-state index contributed by atoms with van der Waals surface area (Å²) in [5.41, 5.74) is 0.711. The van der Waals surface area contributed by atoms with Gasteiger partial charge in [-0.05, 0) is 31.4 Å². The average molecular weight is 339 g/mol. The summed E-state index contributed by atoms with van der Waals surface area (Å²) in [6.07, 6.45) is 14.8. The van der Waals surface area contributed by atoms with E-state index in [0.717, 1.165) is 17.3 Å². The molecule has 0 saturated heterocycles. The van der Waals surface area contributed by atoms with E-state index in [4.69, 9.17) is 4.42 Å². The third-order valence-corrected chi connectivity index (χ3v) is 5.08. The second-order valence-corrected chi connectivity index (χ2v) is 6.78. The Morgan fingerprint density at radius 1 is 1.29 bits per heavy atom. The molecule has 0 bridgehead atoms. The predicted octanol–water partition coefficient (Wildman–Crippen LogP) is 3.58. The zero-order chi connectivity index (χ0) is 16.2. The van der Waals surface area contributed by atoms with E-state index in [1.807, 2.05) is 12.1 Å². The minimum absolute atomic E-state index is 0.438. The molecule has 0 radical (unpaired) electrons. The Bertz CT molecular complexity index is 813. The normalized spacial score (nSPS) is 17.2. The molecule has 0 N–H and O–H groups in total. The van der Waals surface area contributed by atoms with Gasteiger partial charge in [0.2, 0.25) is 0 Å². The summed E-state index contributed by atoms with van der Waals surface area (Å²) < 4.78 is 7.56. The Hall–Kier alpha value is -2.41. The van der Waals surface area contributed by atoms with Crippen LogP contribution in [-0.2, 0) is 6.54 Å². The van der Waals surface area contributed by atoms with E-state index in [-0.39, 0.29) is 0 Å². The number of hydrogen-bond acceptors (Lipinski definition) is 6. The summed E-state index contributed by atoms with van der Waals surface area (Å²) in [6.45, 7) is 0.574. The Morgan fingerprint density at radius 2 is 2.29 bits per heavy atom. The van der Waals surface area contributed by atoms with Crippen LogP contribution in [0.15, 0.2) is 58.7 Å². The fourth-order valence-electron chi connectivity index (χ4n) is 2.70. The van der Waals surface area contributed by atoms with Crippen molar-refractivity contribution in [3.63, 3.8) is 0 Å². The lowest BCUT2D eigenvalue weighted by molar-refractivity contribution is 0.485. The Morgan fingerprint density at radius 3 is 3.04 bits per heavy atom. The maximum Gasteiger partial charge on any atom is 0.192 e. The molecular weight excluding hydrogens is 322 g/mol. The van der Waals surface area contributed by atoms with Crippen molar-refractivity contribution >= 4 is 11.8 Å². The molecule has 3 heterocycles. The molecular formula is C17H17N5OS. The van der Waals surface area contributed by atoms with Crippen LogP contribution in [0.5, 0.6) is 0 Å². The van der Waals surface area contributed by atoms with Crippen molar-refractivity contribution in [3.05, 3.63) is 54.9 Å². The number of hydrogen-bond donors (Lipinski definition) is 0. The van der Waals surface area contributed by atoms with Gasteiger partial charge in [0.05, 0.1) is 19.0 Å². The summed E-state index contributed by atoms with van der Waals surface area (Å²) >= 11 is 1.74. The van der Waals surface area contributed by atoms with Gasteiger partial charge in [-0.25, -0.2) is 4.98 Å². The Labute approximate surface area is 144 Å². The van der Waals surface area contributed by atoms with Crippen LogP contribution >= 0.6 is 11.8 Å². The van der Waals surface area contributed by atoms with Gasteiger partial charge in [0.1, 0.15) is 11.5 Å². The van der Waals surface area contributed by atoms with Crippen LogP contribution in [0.4, 0.5) is 0 Å². The van der Waals surface area contributed by atoms with Gasteiger partial charge in [-0.3, -0.25) is 9.55 Å². The third kappa shape index (κ3) is 3.26. The molecule has 3 aromatic rings. The van der Waals surface area contributed by atoms with Crippen LogP contribution in [0.1, 0.15) is 25.0 Å². The molecule has 0 saturated carbocycles.